The minimum atomic E-state index is -1.22. The fourth-order valence-corrected chi connectivity index (χ4v) is 5.16. The van der Waals surface area contributed by atoms with E-state index in [9.17, 15) is 9.90 Å². The summed E-state index contributed by atoms with van der Waals surface area (Å²) in [5, 5.41) is 19.8. The van der Waals surface area contributed by atoms with Gasteiger partial charge in [-0.1, -0.05) is 6.07 Å². The molecule has 4 N–H and O–H groups in total. The van der Waals surface area contributed by atoms with Gasteiger partial charge < -0.3 is 14.8 Å². The fraction of sp³-hybridized carbons (Fsp3) is 0.476. The number of amides is 2. The van der Waals surface area contributed by atoms with Crippen LogP contribution in [0.3, 0.4) is 0 Å². The maximum Gasteiger partial charge on any atom is 0.352 e. The second-order valence-electron chi connectivity index (χ2n) is 8.16. The Balaban J connectivity index is 1.60. The first-order valence-corrected chi connectivity index (χ1v) is 11.0. The molecular formula is C21H27N3O3S. The Kier molecular flexibility index (Phi) is 4.93. The van der Waals surface area contributed by atoms with Crippen molar-refractivity contribution in [1.29, 1.82) is 0 Å². The summed E-state index contributed by atoms with van der Waals surface area (Å²) in [6.07, 6.45) is 6.41. The number of aryl methyl sites for hydroxylation is 3. The molecule has 1 heterocycles. The van der Waals surface area contributed by atoms with Gasteiger partial charge in [-0.05, 0) is 87.6 Å². The largest absolute Gasteiger partial charge is 0.453 e. The van der Waals surface area contributed by atoms with Gasteiger partial charge in [0.2, 0.25) is 0 Å². The molecule has 1 unspecified atom stereocenters. The Labute approximate surface area is 167 Å². The van der Waals surface area contributed by atoms with Crippen molar-refractivity contribution in [2.45, 2.75) is 70.0 Å². The highest BCUT2D eigenvalue weighted by molar-refractivity contribution is 7.85. The number of carbonyl (C=O) groups is 1. The van der Waals surface area contributed by atoms with Gasteiger partial charge in [-0.25, -0.2) is 4.79 Å². The zero-order valence-corrected chi connectivity index (χ0v) is 17.4. The molecular weight excluding hydrogens is 374 g/mol. The van der Waals surface area contributed by atoms with E-state index in [1.165, 1.54) is 22.3 Å². The molecule has 28 heavy (non-hydrogen) atoms. The van der Waals surface area contributed by atoms with Crippen LogP contribution >= 0.6 is 0 Å². The number of benzene rings is 1. The van der Waals surface area contributed by atoms with Crippen LogP contribution in [0.5, 0.6) is 0 Å². The van der Waals surface area contributed by atoms with Gasteiger partial charge in [0.25, 0.3) is 0 Å². The van der Waals surface area contributed by atoms with Crippen molar-refractivity contribution in [2.75, 3.05) is 5.32 Å². The van der Waals surface area contributed by atoms with Crippen molar-refractivity contribution in [1.82, 2.24) is 0 Å². The smallest absolute Gasteiger partial charge is 0.352 e. The second-order valence-corrected chi connectivity index (χ2v) is 9.38. The highest BCUT2D eigenvalue weighted by Gasteiger charge is 2.26. The molecule has 150 valence electrons. The lowest BCUT2D eigenvalue weighted by atomic mass is 9.99. The molecule has 0 radical (unpaired) electrons. The molecule has 0 bridgehead atoms. The van der Waals surface area contributed by atoms with Crippen LogP contribution in [0.4, 0.5) is 10.5 Å². The first-order valence-electron chi connectivity index (χ1n) is 9.75. The summed E-state index contributed by atoms with van der Waals surface area (Å²) in [6.45, 7) is 5.14. The summed E-state index contributed by atoms with van der Waals surface area (Å²) in [6, 6.07) is 3.57. The number of carbonyl (C=O) groups excluding carboxylic acids is 1. The number of rotatable bonds is 3. The molecule has 1 atom stereocenters. The molecule has 6 nitrogen and oxygen atoms in total. The van der Waals surface area contributed by atoms with Crippen molar-refractivity contribution in [3.05, 3.63) is 45.7 Å². The maximum absolute atomic E-state index is 12.6. The number of furan rings is 1. The van der Waals surface area contributed by atoms with Gasteiger partial charge in [-0.15, -0.1) is 4.36 Å². The standard InChI is InChI=1S/C21H27N3O3S/c1-12-17(21(2,3)26)11-18(27-12)28(22)24-20(25)23-19-15-8-4-6-13(15)10-14-7-5-9-16(14)19/h10-11,26H,4-9H2,1-3H3,(H3,22,23,24,25). The Morgan fingerprint density at radius 1 is 1.18 bits per heavy atom. The second kappa shape index (κ2) is 7.13. The molecule has 0 saturated heterocycles. The molecule has 0 aliphatic heterocycles. The number of anilines is 1. The van der Waals surface area contributed by atoms with E-state index in [1.54, 1.807) is 26.8 Å². The highest BCUT2D eigenvalue weighted by Crippen LogP contribution is 2.38. The molecule has 2 aliphatic rings. The highest BCUT2D eigenvalue weighted by atomic mass is 32.2. The molecule has 1 aromatic carbocycles. The summed E-state index contributed by atoms with van der Waals surface area (Å²) in [7, 11) is -1.22. The van der Waals surface area contributed by atoms with E-state index in [4.69, 9.17) is 9.56 Å². The number of urea groups is 1. The van der Waals surface area contributed by atoms with Crippen molar-refractivity contribution in [3.63, 3.8) is 0 Å². The van der Waals surface area contributed by atoms with E-state index in [0.29, 0.717) is 16.4 Å². The zero-order chi connectivity index (χ0) is 20.1. The van der Waals surface area contributed by atoms with E-state index >= 15 is 0 Å². The van der Waals surface area contributed by atoms with Crippen LogP contribution in [-0.4, -0.2) is 11.1 Å². The van der Waals surface area contributed by atoms with Crippen molar-refractivity contribution in [3.8, 4) is 0 Å². The lowest BCUT2D eigenvalue weighted by Gasteiger charge is -2.15. The number of hydrogen-bond acceptors (Lipinski definition) is 3. The summed E-state index contributed by atoms with van der Waals surface area (Å²) < 4.78 is 9.77. The Morgan fingerprint density at radius 2 is 1.79 bits per heavy atom. The van der Waals surface area contributed by atoms with Gasteiger partial charge >= 0.3 is 6.03 Å². The first kappa shape index (κ1) is 19.4. The Morgan fingerprint density at radius 3 is 2.32 bits per heavy atom. The van der Waals surface area contributed by atoms with E-state index in [2.05, 4.69) is 15.7 Å². The lowest BCUT2D eigenvalue weighted by Crippen LogP contribution is -2.16. The Hall–Kier alpha value is -1.96. The Bertz CT molecular complexity index is 954. The monoisotopic (exact) mass is 401 g/mol. The zero-order valence-electron chi connectivity index (χ0n) is 16.6. The van der Waals surface area contributed by atoms with Gasteiger partial charge in [0.05, 0.1) is 5.60 Å². The molecule has 0 fully saturated rings. The number of fused-ring (bicyclic) bond motifs is 2. The number of nitrogens with zero attached hydrogens (tertiary/aromatic N) is 1. The summed E-state index contributed by atoms with van der Waals surface area (Å²) in [4.78, 5) is 12.6. The first-order chi connectivity index (χ1) is 13.2. The number of nitrogens with one attached hydrogen (secondary N) is 1. The van der Waals surface area contributed by atoms with Crippen LogP contribution in [-0.2, 0) is 42.2 Å². The summed E-state index contributed by atoms with van der Waals surface area (Å²) in [5.41, 5.74) is 5.82. The molecule has 7 heteroatoms. The lowest BCUT2D eigenvalue weighted by molar-refractivity contribution is 0.0769. The van der Waals surface area contributed by atoms with Gasteiger partial charge in [-0.2, -0.15) is 0 Å². The van der Waals surface area contributed by atoms with E-state index in [-0.39, 0.29) is 0 Å². The van der Waals surface area contributed by atoms with Gasteiger partial charge in [0.15, 0.2) is 5.09 Å². The van der Waals surface area contributed by atoms with Crippen LogP contribution in [0, 0.1) is 6.92 Å². The number of aliphatic hydroxyl groups is 1. The maximum atomic E-state index is 12.6. The molecule has 0 saturated carbocycles. The van der Waals surface area contributed by atoms with Crippen LogP contribution in [0.1, 0.15) is 60.3 Å². The third kappa shape index (κ3) is 3.54. The summed E-state index contributed by atoms with van der Waals surface area (Å²) in [5.74, 6) is 0.583. The SMILES string of the molecule is Cc1oc(S(N)=NC(=O)Nc2c3c(cc4c2CCC4)CCC3)cc1C(C)(C)O. The van der Waals surface area contributed by atoms with Crippen LogP contribution in [0.2, 0.25) is 0 Å². The fourth-order valence-electron chi connectivity index (χ4n) is 4.40. The normalized spacial score (nSPS) is 16.9. The molecule has 1 aromatic heterocycles. The third-order valence-electron chi connectivity index (χ3n) is 5.65. The van der Waals surface area contributed by atoms with Crippen molar-refractivity contribution < 1.29 is 14.3 Å². The van der Waals surface area contributed by atoms with E-state index in [1.807, 2.05) is 0 Å². The third-order valence-corrected chi connectivity index (χ3v) is 6.62. The van der Waals surface area contributed by atoms with Crippen LogP contribution in [0.25, 0.3) is 0 Å². The van der Waals surface area contributed by atoms with E-state index < -0.39 is 22.5 Å². The van der Waals surface area contributed by atoms with Crippen LogP contribution in [0.15, 0.2) is 26.0 Å². The van der Waals surface area contributed by atoms with Gasteiger partial charge in [0.1, 0.15) is 5.76 Å². The molecule has 0 spiro atoms. The quantitative estimate of drug-likeness (QED) is 0.722. The number of hydrogen-bond donors (Lipinski definition) is 3. The minimum Gasteiger partial charge on any atom is -0.453 e. The predicted octanol–water partition coefficient (Wildman–Crippen LogP) is 4.06. The van der Waals surface area contributed by atoms with Gasteiger partial charge in [-0.3, -0.25) is 5.14 Å². The molecule has 4 rings (SSSR count). The topological polar surface area (TPSA) is 101 Å². The van der Waals surface area contributed by atoms with E-state index in [0.717, 1.165) is 44.2 Å². The average Bonchev–Trinajstić information content (AvgIpc) is 3.32. The molecule has 2 amide bonds. The van der Waals surface area contributed by atoms with Crippen molar-refractivity contribution >= 4 is 22.6 Å². The predicted molar refractivity (Wildman–Crippen MR) is 110 cm³/mol. The molecule has 2 aromatic rings. The van der Waals surface area contributed by atoms with Crippen molar-refractivity contribution in [2.24, 2.45) is 9.50 Å². The van der Waals surface area contributed by atoms with Crippen LogP contribution < -0.4 is 10.5 Å². The minimum absolute atomic E-state index is 0.397. The van der Waals surface area contributed by atoms with Gasteiger partial charge in [0, 0.05) is 22.1 Å². The molecule has 2 aliphatic carbocycles. The number of nitrogens with two attached hydrogens (primary N) is 1. The average molecular weight is 402 g/mol. The summed E-state index contributed by atoms with van der Waals surface area (Å²) >= 11 is 0.